The molecule has 0 N–H and O–H groups in total. The molecule has 0 aliphatic heterocycles. The molecule has 0 amide bonds. The summed E-state index contributed by atoms with van der Waals surface area (Å²) in [7, 11) is 0. The summed E-state index contributed by atoms with van der Waals surface area (Å²) >= 11 is 0. The first kappa shape index (κ1) is 90.7. The maximum atomic E-state index is 0. The SMILES string of the molecule is [Cl-].[Cl-].[Cl-].[Cl-].[Cl-].[W+2]. The quantitative estimate of drug-likeness (QED) is 0.402. The van der Waals surface area contributed by atoms with E-state index in [0.29, 0.717) is 0 Å². The van der Waals surface area contributed by atoms with E-state index in [0.717, 1.165) is 0 Å². The second-order valence-electron chi connectivity index (χ2n) is 0. The summed E-state index contributed by atoms with van der Waals surface area (Å²) in [6.07, 6.45) is 0. The molecule has 6 heavy (non-hydrogen) atoms. The van der Waals surface area contributed by atoms with Gasteiger partial charge in [0.2, 0.25) is 0 Å². The van der Waals surface area contributed by atoms with Gasteiger partial charge in [-0.1, -0.05) is 0 Å². The number of hydrogen-bond acceptors (Lipinski definition) is 0. The van der Waals surface area contributed by atoms with E-state index in [9.17, 15) is 0 Å². The van der Waals surface area contributed by atoms with Gasteiger partial charge in [-0.15, -0.1) is 0 Å². The van der Waals surface area contributed by atoms with Gasteiger partial charge in [0.05, 0.1) is 0 Å². The minimum absolute atomic E-state index is 0. The van der Waals surface area contributed by atoms with Gasteiger partial charge in [0.1, 0.15) is 0 Å². The fraction of sp³-hybridized carbons (Fsp3) is 0. The topological polar surface area (TPSA) is 0 Å². The van der Waals surface area contributed by atoms with E-state index >= 15 is 0 Å². The molecule has 0 unspecified atom stereocenters. The predicted octanol–water partition coefficient (Wildman–Crippen LogP) is -15.0. The molecular weight excluding hydrogens is 361 g/mol. The van der Waals surface area contributed by atoms with Crippen LogP contribution >= 0.6 is 0 Å². The van der Waals surface area contributed by atoms with E-state index in [1.54, 1.807) is 0 Å². The van der Waals surface area contributed by atoms with Gasteiger partial charge in [0, 0.05) is 0 Å². The Balaban J connectivity index is 0. The molecule has 0 nitrogen and oxygen atoms in total. The fourth-order valence-electron chi connectivity index (χ4n) is 0. The van der Waals surface area contributed by atoms with Gasteiger partial charge in [-0.05, 0) is 0 Å². The van der Waals surface area contributed by atoms with Crippen molar-refractivity contribution in [3.8, 4) is 0 Å². The van der Waals surface area contributed by atoms with Crippen LogP contribution in [0.25, 0.3) is 0 Å². The van der Waals surface area contributed by atoms with Crippen LogP contribution in [0.15, 0.2) is 0 Å². The Labute approximate surface area is 82.5 Å². The van der Waals surface area contributed by atoms with Crippen LogP contribution < -0.4 is 62.0 Å². The molecule has 0 aliphatic rings. The van der Waals surface area contributed by atoms with Crippen molar-refractivity contribution >= 4 is 0 Å². The van der Waals surface area contributed by atoms with Gasteiger partial charge in [-0.3, -0.25) is 0 Å². The second-order valence-corrected chi connectivity index (χ2v) is 0. The van der Waals surface area contributed by atoms with Gasteiger partial charge in [-0.25, -0.2) is 0 Å². The molecule has 6 heteroatoms. The maximum absolute atomic E-state index is 0. The van der Waals surface area contributed by atoms with Crippen LogP contribution in [-0.2, 0) is 21.1 Å². The standard InChI is InChI=1S/5ClH.W/h5*1H;/q;;;;;+2/p-5. The Bertz CT molecular complexity index is 3.90. The van der Waals surface area contributed by atoms with Gasteiger partial charge in [0.15, 0.2) is 0 Å². The van der Waals surface area contributed by atoms with Crippen molar-refractivity contribution in [3.05, 3.63) is 0 Å². The van der Waals surface area contributed by atoms with Crippen LogP contribution in [0.1, 0.15) is 0 Å². The van der Waals surface area contributed by atoms with Crippen molar-refractivity contribution in [2.45, 2.75) is 0 Å². The first-order chi connectivity index (χ1) is 0. The Morgan fingerprint density at radius 3 is 0.333 bits per heavy atom. The summed E-state index contributed by atoms with van der Waals surface area (Å²) in [6.45, 7) is 0. The number of hydrogen-bond donors (Lipinski definition) is 0. The van der Waals surface area contributed by atoms with Crippen molar-refractivity contribution in [1.29, 1.82) is 0 Å². The summed E-state index contributed by atoms with van der Waals surface area (Å²) in [5, 5.41) is 0. The number of rotatable bonds is 0. The molecule has 0 fully saturated rings. The molecule has 0 aromatic rings. The average molecular weight is 361 g/mol. The maximum Gasteiger partial charge on any atom is 2.00 e. The van der Waals surface area contributed by atoms with E-state index in [-0.39, 0.29) is 83.1 Å². The summed E-state index contributed by atoms with van der Waals surface area (Å²) in [6, 6.07) is 0. The average Bonchev–Trinajstić information content (AvgIpc) is 0. The molecule has 0 saturated heterocycles. The molecule has 0 aliphatic carbocycles. The largest absolute Gasteiger partial charge is 2.00 e. The van der Waals surface area contributed by atoms with E-state index in [4.69, 9.17) is 0 Å². The molecule has 0 heterocycles. The molecule has 0 atom stereocenters. The van der Waals surface area contributed by atoms with Crippen molar-refractivity contribution < 1.29 is 83.1 Å². The normalized spacial score (nSPS) is 0. The van der Waals surface area contributed by atoms with Crippen LogP contribution in [0, 0.1) is 0 Å². The summed E-state index contributed by atoms with van der Waals surface area (Å²) in [5.41, 5.74) is 0. The van der Waals surface area contributed by atoms with E-state index < -0.39 is 0 Å². The molecule has 0 radical (unpaired) electrons. The van der Waals surface area contributed by atoms with Crippen LogP contribution in [0.5, 0.6) is 0 Å². The Morgan fingerprint density at radius 1 is 0.333 bits per heavy atom. The summed E-state index contributed by atoms with van der Waals surface area (Å²) < 4.78 is 0. The Hall–Kier alpha value is 2.14. The van der Waals surface area contributed by atoms with Crippen LogP contribution in [-0.4, -0.2) is 0 Å². The fourth-order valence-corrected chi connectivity index (χ4v) is 0. The van der Waals surface area contributed by atoms with Gasteiger partial charge in [0.25, 0.3) is 0 Å². The Kier molecular flexibility index (Phi) is 889. The van der Waals surface area contributed by atoms with E-state index in [1.165, 1.54) is 0 Å². The Morgan fingerprint density at radius 2 is 0.333 bits per heavy atom. The second kappa shape index (κ2) is 58.8. The molecular formula is Cl5W-3. The minimum atomic E-state index is 0. The monoisotopic (exact) mass is 359 g/mol. The van der Waals surface area contributed by atoms with Crippen molar-refractivity contribution in [2.75, 3.05) is 0 Å². The third-order valence-corrected chi connectivity index (χ3v) is 0. The zero-order valence-corrected chi connectivity index (χ0v) is 9.01. The first-order valence-corrected chi connectivity index (χ1v) is 0. The zero-order valence-electron chi connectivity index (χ0n) is 2.30. The van der Waals surface area contributed by atoms with Crippen molar-refractivity contribution in [2.24, 2.45) is 0 Å². The third kappa shape index (κ3) is 35.4. The van der Waals surface area contributed by atoms with Crippen LogP contribution in [0.2, 0.25) is 0 Å². The molecule has 0 saturated carbocycles. The summed E-state index contributed by atoms with van der Waals surface area (Å²) in [5.74, 6) is 0. The van der Waals surface area contributed by atoms with Gasteiger partial charge in [-0.2, -0.15) is 0 Å². The molecule has 0 rings (SSSR count). The van der Waals surface area contributed by atoms with Crippen molar-refractivity contribution in [1.82, 2.24) is 0 Å². The van der Waals surface area contributed by atoms with E-state index in [1.807, 2.05) is 0 Å². The van der Waals surface area contributed by atoms with Crippen LogP contribution in [0.4, 0.5) is 0 Å². The molecule has 44 valence electrons. The predicted molar refractivity (Wildman–Crippen MR) is 0 cm³/mol. The first-order valence-electron chi connectivity index (χ1n) is 0. The smallest absolute Gasteiger partial charge is 1.00 e. The molecule has 0 bridgehead atoms. The van der Waals surface area contributed by atoms with Crippen molar-refractivity contribution in [3.63, 3.8) is 0 Å². The molecule has 0 aromatic heterocycles. The van der Waals surface area contributed by atoms with Gasteiger partial charge < -0.3 is 62.0 Å². The van der Waals surface area contributed by atoms with Crippen LogP contribution in [0.3, 0.4) is 0 Å². The van der Waals surface area contributed by atoms with Gasteiger partial charge >= 0.3 is 21.1 Å². The summed E-state index contributed by atoms with van der Waals surface area (Å²) in [4.78, 5) is 0. The van der Waals surface area contributed by atoms with E-state index in [2.05, 4.69) is 0 Å². The minimum Gasteiger partial charge on any atom is -1.00 e. The molecule has 0 spiro atoms. The molecule has 0 aromatic carbocycles. The third-order valence-electron chi connectivity index (χ3n) is 0. The zero-order chi connectivity index (χ0) is 0. The number of halogens is 5.